The van der Waals surface area contributed by atoms with Crippen LogP contribution in [0.4, 0.5) is 0 Å². The van der Waals surface area contributed by atoms with Gasteiger partial charge in [-0.05, 0) is 44.9 Å². The van der Waals surface area contributed by atoms with Gasteiger partial charge < -0.3 is 14.9 Å². The fourth-order valence-electron chi connectivity index (χ4n) is 4.72. The molecule has 3 rings (SSSR count). The number of aliphatic hydroxyl groups excluding tert-OH is 2. The van der Waals surface area contributed by atoms with Crippen LogP contribution in [0.3, 0.4) is 0 Å². The van der Waals surface area contributed by atoms with Crippen molar-refractivity contribution in [2.24, 2.45) is 17.3 Å². The van der Waals surface area contributed by atoms with Gasteiger partial charge in [0.15, 0.2) is 0 Å². The lowest BCUT2D eigenvalue weighted by Gasteiger charge is -2.58. The molecule has 2 bridgehead atoms. The Hall–Kier alpha value is -0.380. The summed E-state index contributed by atoms with van der Waals surface area (Å²) >= 11 is 0. The van der Waals surface area contributed by atoms with Crippen molar-refractivity contribution in [2.45, 2.75) is 57.3 Å². The molecule has 3 aliphatic rings. The average molecular weight is 252 g/mol. The molecule has 3 heteroatoms. The van der Waals surface area contributed by atoms with Gasteiger partial charge in [0.2, 0.25) is 0 Å². The Balaban J connectivity index is 2.08. The fraction of sp³-hybridized carbons (Fsp3) is 0.867. The molecule has 1 saturated heterocycles. The lowest BCUT2D eigenvalue weighted by atomic mass is 9.57. The second kappa shape index (κ2) is 3.59. The van der Waals surface area contributed by atoms with Crippen molar-refractivity contribution in [2.75, 3.05) is 6.61 Å². The van der Waals surface area contributed by atoms with Gasteiger partial charge in [-0.1, -0.05) is 19.1 Å². The van der Waals surface area contributed by atoms with Gasteiger partial charge in [0, 0.05) is 5.41 Å². The molecule has 102 valence electrons. The molecule has 0 amide bonds. The molecular formula is C15H24O3. The molecule has 1 aliphatic heterocycles. The Bertz CT molecular complexity index is 393. The SMILES string of the molecule is C[C@H]1[C@H](O)C=C[C@@]2(C)O[C@](C)(CO)[C@@H]3CC[C@]12C3. The molecule has 3 nitrogen and oxygen atoms in total. The van der Waals surface area contributed by atoms with Crippen molar-refractivity contribution in [3.63, 3.8) is 0 Å². The quantitative estimate of drug-likeness (QED) is 0.701. The van der Waals surface area contributed by atoms with Gasteiger partial charge in [-0.15, -0.1) is 0 Å². The van der Waals surface area contributed by atoms with Crippen LogP contribution in [0.1, 0.15) is 40.0 Å². The maximum Gasteiger partial charge on any atom is 0.0924 e. The maximum atomic E-state index is 10.1. The number of fused-ring (bicyclic) bond motifs is 1. The summed E-state index contributed by atoms with van der Waals surface area (Å²) in [6.07, 6.45) is 6.78. The van der Waals surface area contributed by atoms with E-state index in [2.05, 4.69) is 13.8 Å². The van der Waals surface area contributed by atoms with E-state index in [1.54, 1.807) is 0 Å². The van der Waals surface area contributed by atoms with Crippen LogP contribution in [0, 0.1) is 17.3 Å². The zero-order chi connectivity index (χ0) is 13.2. The largest absolute Gasteiger partial charge is 0.393 e. The molecule has 1 heterocycles. The number of ether oxygens (including phenoxy) is 1. The molecule has 1 spiro atoms. The van der Waals surface area contributed by atoms with Crippen LogP contribution in [0.2, 0.25) is 0 Å². The van der Waals surface area contributed by atoms with E-state index < -0.39 is 5.60 Å². The summed E-state index contributed by atoms with van der Waals surface area (Å²) in [6, 6.07) is 0. The highest BCUT2D eigenvalue weighted by atomic mass is 16.5. The molecule has 0 aromatic heterocycles. The van der Waals surface area contributed by atoms with E-state index in [9.17, 15) is 10.2 Å². The van der Waals surface area contributed by atoms with Crippen LogP contribution in [-0.2, 0) is 4.74 Å². The molecule has 2 aliphatic carbocycles. The molecule has 0 radical (unpaired) electrons. The average Bonchev–Trinajstić information content (AvgIpc) is 2.76. The lowest BCUT2D eigenvalue weighted by Crippen LogP contribution is -2.62. The van der Waals surface area contributed by atoms with E-state index in [4.69, 9.17) is 4.74 Å². The summed E-state index contributed by atoms with van der Waals surface area (Å²) in [5, 5.41) is 19.8. The zero-order valence-electron chi connectivity index (χ0n) is 11.5. The number of hydrogen-bond donors (Lipinski definition) is 2. The Morgan fingerprint density at radius 3 is 2.78 bits per heavy atom. The van der Waals surface area contributed by atoms with E-state index in [0.717, 1.165) is 19.3 Å². The topological polar surface area (TPSA) is 49.7 Å². The molecule has 0 unspecified atom stereocenters. The van der Waals surface area contributed by atoms with Gasteiger partial charge in [0.05, 0.1) is 23.9 Å². The minimum atomic E-state index is -0.429. The van der Waals surface area contributed by atoms with Gasteiger partial charge in [0.1, 0.15) is 0 Å². The third kappa shape index (κ3) is 1.30. The number of rotatable bonds is 1. The highest BCUT2D eigenvalue weighted by molar-refractivity contribution is 5.25. The second-order valence-electron chi connectivity index (χ2n) is 6.91. The van der Waals surface area contributed by atoms with E-state index in [0.29, 0.717) is 5.92 Å². The highest BCUT2D eigenvalue weighted by Gasteiger charge is 2.65. The molecule has 2 fully saturated rings. The van der Waals surface area contributed by atoms with Crippen LogP contribution in [0.15, 0.2) is 12.2 Å². The molecular weight excluding hydrogens is 228 g/mol. The van der Waals surface area contributed by atoms with Gasteiger partial charge in [-0.2, -0.15) is 0 Å². The first-order valence-electron chi connectivity index (χ1n) is 7.05. The van der Waals surface area contributed by atoms with Crippen LogP contribution in [-0.4, -0.2) is 34.1 Å². The van der Waals surface area contributed by atoms with Crippen LogP contribution >= 0.6 is 0 Å². The predicted molar refractivity (Wildman–Crippen MR) is 69.1 cm³/mol. The van der Waals surface area contributed by atoms with Gasteiger partial charge in [0.25, 0.3) is 0 Å². The first-order chi connectivity index (χ1) is 8.37. The molecule has 1 saturated carbocycles. The van der Waals surface area contributed by atoms with Gasteiger partial charge in [-0.25, -0.2) is 0 Å². The minimum Gasteiger partial charge on any atom is -0.393 e. The van der Waals surface area contributed by atoms with Crippen molar-refractivity contribution in [3.05, 3.63) is 12.2 Å². The van der Waals surface area contributed by atoms with Gasteiger partial charge >= 0.3 is 0 Å². The third-order valence-electron chi connectivity index (χ3n) is 6.16. The van der Waals surface area contributed by atoms with E-state index >= 15 is 0 Å². The summed E-state index contributed by atoms with van der Waals surface area (Å²) in [7, 11) is 0. The van der Waals surface area contributed by atoms with Gasteiger partial charge in [-0.3, -0.25) is 0 Å². The summed E-state index contributed by atoms with van der Waals surface area (Å²) in [5.74, 6) is 0.637. The van der Waals surface area contributed by atoms with Crippen LogP contribution in [0.5, 0.6) is 0 Å². The molecule has 0 aromatic carbocycles. The highest BCUT2D eigenvalue weighted by Crippen LogP contribution is 2.65. The summed E-state index contributed by atoms with van der Waals surface area (Å²) in [4.78, 5) is 0. The lowest BCUT2D eigenvalue weighted by molar-refractivity contribution is -0.251. The predicted octanol–water partition coefficient (Wildman–Crippen LogP) is 1.88. The Kier molecular flexibility index (Phi) is 2.52. The summed E-state index contributed by atoms with van der Waals surface area (Å²) in [6.45, 7) is 6.37. The third-order valence-corrected chi connectivity index (χ3v) is 6.16. The van der Waals surface area contributed by atoms with E-state index in [-0.39, 0.29) is 29.6 Å². The Labute approximate surface area is 109 Å². The number of aliphatic hydroxyl groups is 2. The van der Waals surface area contributed by atoms with Crippen LogP contribution < -0.4 is 0 Å². The Morgan fingerprint density at radius 2 is 2.11 bits per heavy atom. The number of hydrogen-bond acceptors (Lipinski definition) is 3. The molecule has 2 N–H and O–H groups in total. The standard InChI is InChI=1S/C15H24O3/c1-10-12(17)5-6-14(3)15(10)7-4-11(8-15)13(2,9-16)18-14/h5-6,10-12,16-17H,4,7-9H2,1-3H3/t10-,11+,12+,13+,14+,15-/m0/s1. The zero-order valence-corrected chi connectivity index (χ0v) is 11.5. The van der Waals surface area contributed by atoms with E-state index in [1.807, 2.05) is 19.1 Å². The fourth-order valence-corrected chi connectivity index (χ4v) is 4.72. The summed E-state index contributed by atoms with van der Waals surface area (Å²) in [5.41, 5.74) is -0.738. The first-order valence-corrected chi connectivity index (χ1v) is 7.05. The Morgan fingerprint density at radius 1 is 1.39 bits per heavy atom. The molecule has 6 atom stereocenters. The van der Waals surface area contributed by atoms with Crippen molar-refractivity contribution in [1.82, 2.24) is 0 Å². The normalized spacial score (nSPS) is 58.6. The molecule has 0 aromatic rings. The van der Waals surface area contributed by atoms with Crippen molar-refractivity contribution in [1.29, 1.82) is 0 Å². The van der Waals surface area contributed by atoms with E-state index in [1.165, 1.54) is 0 Å². The van der Waals surface area contributed by atoms with Crippen molar-refractivity contribution >= 4 is 0 Å². The second-order valence-corrected chi connectivity index (χ2v) is 6.91. The maximum absolute atomic E-state index is 10.1. The van der Waals surface area contributed by atoms with Crippen molar-refractivity contribution in [3.8, 4) is 0 Å². The monoisotopic (exact) mass is 252 g/mol. The van der Waals surface area contributed by atoms with Crippen molar-refractivity contribution < 1.29 is 14.9 Å². The molecule has 18 heavy (non-hydrogen) atoms. The summed E-state index contributed by atoms with van der Waals surface area (Å²) < 4.78 is 6.36. The first kappa shape index (κ1) is 12.6. The minimum absolute atomic E-state index is 0.0422. The smallest absolute Gasteiger partial charge is 0.0924 e. The van der Waals surface area contributed by atoms with Crippen LogP contribution in [0.25, 0.3) is 0 Å².